The molecule has 2 heterocycles. The van der Waals surface area contributed by atoms with Crippen LogP contribution in [0.3, 0.4) is 0 Å². The summed E-state index contributed by atoms with van der Waals surface area (Å²) in [4.78, 5) is 29.4. The number of aliphatic carboxylic acids is 1. The van der Waals surface area contributed by atoms with Gasteiger partial charge in [0.15, 0.2) is 0 Å². The summed E-state index contributed by atoms with van der Waals surface area (Å²) < 4.78 is 13.6. The van der Waals surface area contributed by atoms with E-state index in [1.54, 1.807) is 12.1 Å². The Kier molecular flexibility index (Phi) is 3.98. The maximum absolute atomic E-state index is 13.6. The van der Waals surface area contributed by atoms with Crippen LogP contribution < -0.4 is 0 Å². The molecule has 0 spiro atoms. The second-order valence-electron chi connectivity index (χ2n) is 5.87. The second-order valence-corrected chi connectivity index (χ2v) is 5.87. The van der Waals surface area contributed by atoms with E-state index in [-0.39, 0.29) is 12.5 Å². The monoisotopic (exact) mass is 316 g/mol. The van der Waals surface area contributed by atoms with Gasteiger partial charge in [0.2, 0.25) is 6.17 Å². The highest BCUT2D eigenvalue weighted by atomic mass is 19.1. The number of nitrogens with zero attached hydrogens (tertiary/aromatic N) is 2. The van der Waals surface area contributed by atoms with Crippen LogP contribution in [0.1, 0.15) is 22.5 Å². The number of carbonyl (C=O) groups is 2. The lowest BCUT2D eigenvalue weighted by Crippen LogP contribution is -2.32. The van der Waals surface area contributed by atoms with Gasteiger partial charge in [-0.05, 0) is 25.5 Å². The zero-order chi connectivity index (χ0) is 16.6. The minimum atomic E-state index is -1.93. The number of hydrogen-bond acceptors (Lipinski definition) is 3. The average molecular weight is 316 g/mol. The third-order valence-electron chi connectivity index (χ3n) is 4.25. The van der Waals surface area contributed by atoms with E-state index in [0.29, 0.717) is 24.0 Å². The number of aromatic nitrogens is 1. The zero-order valence-corrected chi connectivity index (χ0v) is 12.7. The number of carbonyl (C=O) groups excluding carboxylic acids is 1. The molecule has 1 amide bonds. The van der Waals surface area contributed by atoms with Crippen LogP contribution >= 0.6 is 0 Å². The summed E-state index contributed by atoms with van der Waals surface area (Å²) >= 11 is 0. The number of para-hydroxylation sites is 1. The Balaban J connectivity index is 1.87. The number of carboxylic acids is 1. The van der Waals surface area contributed by atoms with Crippen LogP contribution in [0.2, 0.25) is 0 Å². The lowest BCUT2D eigenvalue weighted by molar-refractivity contribution is -0.144. The van der Waals surface area contributed by atoms with E-state index in [1.807, 2.05) is 25.1 Å². The van der Waals surface area contributed by atoms with Crippen molar-refractivity contribution in [1.82, 2.24) is 9.88 Å². The number of hydrogen-bond donors (Lipinski definition) is 1. The first-order chi connectivity index (χ1) is 11.0. The summed E-state index contributed by atoms with van der Waals surface area (Å²) in [5.74, 6) is -2.35. The molecule has 1 aromatic heterocycles. The highest BCUT2D eigenvalue weighted by molar-refractivity contribution is 6.05. The Hall–Kier alpha value is -2.50. The molecule has 2 aromatic rings. The van der Waals surface area contributed by atoms with E-state index in [9.17, 15) is 14.0 Å². The SMILES string of the molecule is Cc1ccc2cccc(C(=O)N3CCC(C(F)C(=O)O)C3)c2n1. The van der Waals surface area contributed by atoms with Crippen molar-refractivity contribution in [1.29, 1.82) is 0 Å². The van der Waals surface area contributed by atoms with Crippen LogP contribution in [0.25, 0.3) is 10.9 Å². The van der Waals surface area contributed by atoms with Crippen LogP contribution in [0.15, 0.2) is 30.3 Å². The van der Waals surface area contributed by atoms with Gasteiger partial charge >= 0.3 is 5.97 Å². The maximum Gasteiger partial charge on any atom is 0.338 e. The molecule has 3 rings (SSSR count). The van der Waals surface area contributed by atoms with Crippen molar-refractivity contribution in [3.05, 3.63) is 41.6 Å². The third kappa shape index (κ3) is 2.88. The number of aryl methyl sites for hydroxylation is 1. The normalized spacial score (nSPS) is 19.0. The molecule has 0 bridgehead atoms. The van der Waals surface area contributed by atoms with Crippen LogP contribution in [0, 0.1) is 12.8 Å². The standard InChI is InChI=1S/C17H17FN2O3/c1-10-5-6-11-3-2-4-13(15(11)19-10)16(21)20-8-7-12(9-20)14(18)17(22)23/h2-6,12,14H,7-9H2,1H3,(H,22,23). The minimum Gasteiger partial charge on any atom is -0.479 e. The molecule has 1 N–H and O–H groups in total. The molecule has 1 aliphatic heterocycles. The van der Waals surface area contributed by atoms with Gasteiger partial charge in [0.05, 0.1) is 11.1 Å². The first kappa shape index (κ1) is 15.4. The minimum absolute atomic E-state index is 0.120. The second kappa shape index (κ2) is 5.95. The molecule has 120 valence electrons. The molecule has 0 saturated carbocycles. The molecule has 1 aromatic carbocycles. The highest BCUT2D eigenvalue weighted by Crippen LogP contribution is 2.26. The molecule has 5 nitrogen and oxygen atoms in total. The van der Waals surface area contributed by atoms with E-state index in [1.165, 1.54) is 4.90 Å². The molecule has 1 aliphatic rings. The molecule has 1 fully saturated rings. The Morgan fingerprint density at radius 3 is 2.87 bits per heavy atom. The number of carboxylic acid groups (broad SMARTS) is 1. The first-order valence-corrected chi connectivity index (χ1v) is 7.50. The molecule has 0 radical (unpaired) electrons. The van der Waals surface area contributed by atoms with Gasteiger partial charge in [-0.15, -0.1) is 0 Å². The summed E-state index contributed by atoms with van der Waals surface area (Å²) in [5, 5.41) is 9.63. The molecule has 1 saturated heterocycles. The fraction of sp³-hybridized carbons (Fsp3) is 0.353. The topological polar surface area (TPSA) is 70.5 Å². The van der Waals surface area contributed by atoms with Gasteiger partial charge in [0.1, 0.15) is 0 Å². The van der Waals surface area contributed by atoms with E-state index in [4.69, 9.17) is 5.11 Å². The van der Waals surface area contributed by atoms with Gasteiger partial charge in [-0.25, -0.2) is 9.18 Å². The number of rotatable bonds is 3. The van der Waals surface area contributed by atoms with Crippen molar-refractivity contribution in [3.8, 4) is 0 Å². The largest absolute Gasteiger partial charge is 0.479 e. The number of halogens is 1. The Bertz CT molecular complexity index is 778. The quantitative estimate of drug-likeness (QED) is 0.944. The van der Waals surface area contributed by atoms with Crippen LogP contribution in [0.4, 0.5) is 4.39 Å². The predicted molar refractivity (Wildman–Crippen MR) is 83.0 cm³/mol. The molecular formula is C17H17FN2O3. The van der Waals surface area contributed by atoms with E-state index >= 15 is 0 Å². The van der Waals surface area contributed by atoms with Crippen molar-refractivity contribution >= 4 is 22.8 Å². The fourth-order valence-electron chi connectivity index (χ4n) is 3.00. The number of alkyl halides is 1. The van der Waals surface area contributed by atoms with Crippen LogP contribution in [-0.4, -0.2) is 46.1 Å². The fourth-order valence-corrected chi connectivity index (χ4v) is 3.00. The molecule has 6 heteroatoms. The average Bonchev–Trinajstić information content (AvgIpc) is 3.02. The number of amides is 1. The number of pyridine rings is 1. The Morgan fingerprint density at radius 2 is 2.13 bits per heavy atom. The molecule has 2 atom stereocenters. The van der Waals surface area contributed by atoms with Gasteiger partial charge in [0, 0.05) is 30.1 Å². The van der Waals surface area contributed by atoms with E-state index in [2.05, 4.69) is 4.98 Å². The van der Waals surface area contributed by atoms with Crippen LogP contribution in [-0.2, 0) is 4.79 Å². The van der Waals surface area contributed by atoms with Gasteiger partial charge < -0.3 is 10.0 Å². The van der Waals surface area contributed by atoms with Crippen molar-refractivity contribution in [3.63, 3.8) is 0 Å². The molecular weight excluding hydrogens is 299 g/mol. The zero-order valence-electron chi connectivity index (χ0n) is 12.7. The number of benzene rings is 1. The molecule has 2 unspecified atom stereocenters. The maximum atomic E-state index is 13.6. The third-order valence-corrected chi connectivity index (χ3v) is 4.25. The summed E-state index contributed by atoms with van der Waals surface area (Å²) in [6.45, 7) is 2.33. The van der Waals surface area contributed by atoms with Gasteiger partial charge in [-0.3, -0.25) is 9.78 Å². The smallest absolute Gasteiger partial charge is 0.338 e. The van der Waals surface area contributed by atoms with Gasteiger partial charge in [-0.1, -0.05) is 18.2 Å². The van der Waals surface area contributed by atoms with E-state index < -0.39 is 18.1 Å². The summed E-state index contributed by atoms with van der Waals surface area (Å²) in [5.41, 5.74) is 1.90. The highest BCUT2D eigenvalue weighted by Gasteiger charge is 2.36. The number of likely N-dealkylation sites (tertiary alicyclic amines) is 1. The first-order valence-electron chi connectivity index (χ1n) is 7.50. The summed E-state index contributed by atoms with van der Waals surface area (Å²) in [7, 11) is 0. The van der Waals surface area contributed by atoms with Crippen molar-refractivity contribution < 1.29 is 19.1 Å². The van der Waals surface area contributed by atoms with E-state index in [0.717, 1.165) is 11.1 Å². The van der Waals surface area contributed by atoms with Gasteiger partial charge in [-0.2, -0.15) is 0 Å². The lowest BCUT2D eigenvalue weighted by atomic mass is 10.0. The van der Waals surface area contributed by atoms with Gasteiger partial charge in [0.25, 0.3) is 5.91 Å². The van der Waals surface area contributed by atoms with Crippen molar-refractivity contribution in [2.45, 2.75) is 19.5 Å². The summed E-state index contributed by atoms with van der Waals surface area (Å²) in [6, 6.07) is 9.16. The summed E-state index contributed by atoms with van der Waals surface area (Å²) in [6.07, 6.45) is -1.57. The number of fused-ring (bicyclic) bond motifs is 1. The predicted octanol–water partition coefficient (Wildman–Crippen LogP) is 2.43. The Labute approximate surface area is 132 Å². The Morgan fingerprint density at radius 1 is 1.35 bits per heavy atom. The van der Waals surface area contributed by atoms with Crippen molar-refractivity contribution in [2.24, 2.45) is 5.92 Å². The van der Waals surface area contributed by atoms with Crippen molar-refractivity contribution in [2.75, 3.05) is 13.1 Å². The molecule has 0 aliphatic carbocycles. The lowest BCUT2D eigenvalue weighted by Gasteiger charge is -2.18. The molecule has 23 heavy (non-hydrogen) atoms. The van der Waals surface area contributed by atoms with Crippen LogP contribution in [0.5, 0.6) is 0 Å².